The molecule has 0 heterocycles. The van der Waals surface area contributed by atoms with Crippen LogP contribution in [0.5, 0.6) is 0 Å². The number of ether oxygens (including phenoxy) is 1. The lowest BCUT2D eigenvalue weighted by Crippen LogP contribution is -2.45. The first-order chi connectivity index (χ1) is 28.0. The van der Waals surface area contributed by atoms with Gasteiger partial charge in [-0.3, -0.25) is 9.59 Å². The van der Waals surface area contributed by atoms with Crippen molar-refractivity contribution < 1.29 is 24.5 Å². The van der Waals surface area contributed by atoms with Gasteiger partial charge in [-0.1, -0.05) is 192 Å². The fraction of sp³-hybridized carbons (Fsp3) is 0.843. The lowest BCUT2D eigenvalue weighted by Gasteiger charge is -2.22. The van der Waals surface area contributed by atoms with Crippen LogP contribution in [-0.4, -0.2) is 47.4 Å². The van der Waals surface area contributed by atoms with Gasteiger partial charge in [0.15, 0.2) is 0 Å². The van der Waals surface area contributed by atoms with E-state index in [1.807, 2.05) is 0 Å². The predicted molar refractivity (Wildman–Crippen MR) is 246 cm³/mol. The van der Waals surface area contributed by atoms with Crippen LogP contribution in [0.15, 0.2) is 36.5 Å². The predicted octanol–water partition coefficient (Wildman–Crippen LogP) is 14.5. The van der Waals surface area contributed by atoms with Gasteiger partial charge in [0.05, 0.1) is 25.4 Å². The molecule has 0 aromatic carbocycles. The number of amides is 1. The molecule has 0 saturated carbocycles. The SMILES string of the molecule is CCCCC/C=C\C/C=C\CCCCCCCC(=O)OCCCCCCCC/C=C\CCCCCC(=O)NC(CO)C(O)CCCCCCCCCCCCCC. The zero-order valence-corrected chi connectivity index (χ0v) is 37.8. The number of esters is 1. The summed E-state index contributed by atoms with van der Waals surface area (Å²) in [5.74, 6) is -0.0948. The molecule has 0 radical (unpaired) electrons. The maximum absolute atomic E-state index is 12.4. The third-order valence-electron chi connectivity index (χ3n) is 11.2. The van der Waals surface area contributed by atoms with E-state index in [2.05, 4.69) is 55.6 Å². The summed E-state index contributed by atoms with van der Waals surface area (Å²) < 4.78 is 5.44. The Bertz CT molecular complexity index is 931. The van der Waals surface area contributed by atoms with Crippen molar-refractivity contribution in [2.24, 2.45) is 0 Å². The molecule has 6 heteroatoms. The zero-order chi connectivity index (χ0) is 41.5. The third kappa shape index (κ3) is 43.5. The molecule has 3 N–H and O–H groups in total. The Morgan fingerprint density at radius 2 is 0.877 bits per heavy atom. The smallest absolute Gasteiger partial charge is 0.305 e. The first-order valence-electron chi connectivity index (χ1n) is 24.7. The van der Waals surface area contributed by atoms with Crippen LogP contribution in [0, 0.1) is 0 Å². The number of hydrogen-bond acceptors (Lipinski definition) is 5. The van der Waals surface area contributed by atoms with Crippen molar-refractivity contribution in [1.82, 2.24) is 5.32 Å². The molecular formula is C51H95NO5. The molecule has 6 nitrogen and oxygen atoms in total. The summed E-state index contributed by atoms with van der Waals surface area (Å²) in [5, 5.41) is 23.1. The van der Waals surface area contributed by atoms with Crippen molar-refractivity contribution in [3.63, 3.8) is 0 Å². The van der Waals surface area contributed by atoms with E-state index in [4.69, 9.17) is 4.74 Å². The van der Waals surface area contributed by atoms with Crippen LogP contribution in [0.1, 0.15) is 251 Å². The summed E-state index contributed by atoms with van der Waals surface area (Å²) in [6, 6.07) is -0.561. The van der Waals surface area contributed by atoms with E-state index in [0.717, 1.165) is 83.5 Å². The molecule has 0 saturated heterocycles. The molecule has 0 aliphatic carbocycles. The van der Waals surface area contributed by atoms with Gasteiger partial charge in [-0.15, -0.1) is 0 Å². The minimum Gasteiger partial charge on any atom is -0.466 e. The second kappa shape index (κ2) is 46.8. The van der Waals surface area contributed by atoms with Crippen LogP contribution < -0.4 is 5.32 Å². The monoisotopic (exact) mass is 802 g/mol. The number of aliphatic hydroxyl groups is 2. The molecule has 1 amide bonds. The maximum Gasteiger partial charge on any atom is 0.305 e. The van der Waals surface area contributed by atoms with Crippen LogP contribution in [0.2, 0.25) is 0 Å². The molecule has 0 rings (SSSR count). The summed E-state index contributed by atoms with van der Waals surface area (Å²) in [7, 11) is 0. The second-order valence-corrected chi connectivity index (χ2v) is 16.8. The van der Waals surface area contributed by atoms with Gasteiger partial charge < -0.3 is 20.3 Å². The van der Waals surface area contributed by atoms with Gasteiger partial charge >= 0.3 is 5.97 Å². The highest BCUT2D eigenvalue weighted by Gasteiger charge is 2.20. The van der Waals surface area contributed by atoms with E-state index in [0.29, 0.717) is 25.9 Å². The first kappa shape index (κ1) is 55.1. The minimum absolute atomic E-state index is 0.0273. The Morgan fingerprint density at radius 1 is 0.491 bits per heavy atom. The first-order valence-corrected chi connectivity index (χ1v) is 24.7. The standard InChI is InChI=1S/C51H95NO5/c1-3-5-7-9-11-13-15-17-18-21-25-29-33-37-41-45-51(56)57-46-42-38-34-30-26-22-19-20-24-28-32-36-40-44-50(55)52-48(47-53)49(54)43-39-35-31-27-23-16-14-12-10-8-6-4-2/h11,13,17-18,20,24,48-49,53-54H,3-10,12,14-16,19,21-23,25-47H2,1-2H3,(H,52,55)/b13-11-,18-17-,24-20-. The average Bonchev–Trinajstić information content (AvgIpc) is 3.21. The number of carbonyl (C=O) groups excluding carboxylic acids is 2. The second-order valence-electron chi connectivity index (χ2n) is 16.8. The molecule has 2 unspecified atom stereocenters. The quantitative estimate of drug-likeness (QED) is 0.0324. The Kier molecular flexibility index (Phi) is 45.2. The number of unbranched alkanes of at least 4 members (excludes halogenated alkanes) is 28. The Hall–Kier alpha value is -1.92. The number of nitrogens with one attached hydrogen (secondary N) is 1. The van der Waals surface area contributed by atoms with Gasteiger partial charge in [-0.2, -0.15) is 0 Å². The molecule has 0 spiro atoms. The van der Waals surface area contributed by atoms with E-state index >= 15 is 0 Å². The van der Waals surface area contributed by atoms with Crippen molar-refractivity contribution in [3.8, 4) is 0 Å². The van der Waals surface area contributed by atoms with Gasteiger partial charge in [0, 0.05) is 12.8 Å². The van der Waals surface area contributed by atoms with E-state index < -0.39 is 12.1 Å². The van der Waals surface area contributed by atoms with E-state index in [1.54, 1.807) is 0 Å². The van der Waals surface area contributed by atoms with Crippen LogP contribution in [0.25, 0.3) is 0 Å². The molecule has 0 aliphatic rings. The number of rotatable bonds is 45. The third-order valence-corrected chi connectivity index (χ3v) is 11.2. The highest BCUT2D eigenvalue weighted by Crippen LogP contribution is 2.15. The summed E-state index contributed by atoms with van der Waals surface area (Å²) in [6.07, 6.45) is 55.3. The van der Waals surface area contributed by atoms with Crippen LogP contribution >= 0.6 is 0 Å². The summed E-state index contributed by atoms with van der Waals surface area (Å²) in [4.78, 5) is 24.4. The molecule has 0 fully saturated rings. The summed E-state index contributed by atoms with van der Waals surface area (Å²) in [5.41, 5.74) is 0. The van der Waals surface area contributed by atoms with Gasteiger partial charge in [0.2, 0.25) is 5.91 Å². The molecule has 2 atom stereocenters. The lowest BCUT2D eigenvalue weighted by molar-refractivity contribution is -0.143. The minimum atomic E-state index is -0.681. The van der Waals surface area contributed by atoms with Crippen molar-refractivity contribution in [2.45, 2.75) is 264 Å². The van der Waals surface area contributed by atoms with Gasteiger partial charge in [0.1, 0.15) is 0 Å². The molecule has 334 valence electrons. The zero-order valence-electron chi connectivity index (χ0n) is 37.8. The van der Waals surface area contributed by atoms with Crippen molar-refractivity contribution in [3.05, 3.63) is 36.5 Å². The van der Waals surface area contributed by atoms with Crippen molar-refractivity contribution in [2.75, 3.05) is 13.2 Å². The summed E-state index contributed by atoms with van der Waals surface area (Å²) in [6.45, 7) is 4.86. The van der Waals surface area contributed by atoms with E-state index in [9.17, 15) is 19.8 Å². The Morgan fingerprint density at radius 3 is 1.40 bits per heavy atom. The van der Waals surface area contributed by atoms with E-state index in [-0.39, 0.29) is 18.5 Å². The lowest BCUT2D eigenvalue weighted by atomic mass is 10.0. The number of aliphatic hydroxyl groups excluding tert-OH is 2. The largest absolute Gasteiger partial charge is 0.466 e. The van der Waals surface area contributed by atoms with Gasteiger partial charge in [0.25, 0.3) is 0 Å². The molecule has 0 aliphatic heterocycles. The van der Waals surface area contributed by atoms with Crippen LogP contribution in [0.3, 0.4) is 0 Å². The highest BCUT2D eigenvalue weighted by atomic mass is 16.5. The number of hydrogen-bond donors (Lipinski definition) is 3. The van der Waals surface area contributed by atoms with Crippen LogP contribution in [-0.2, 0) is 14.3 Å². The Labute approximate surface area is 353 Å². The molecule has 57 heavy (non-hydrogen) atoms. The summed E-state index contributed by atoms with van der Waals surface area (Å²) >= 11 is 0. The average molecular weight is 802 g/mol. The normalized spacial score (nSPS) is 13.0. The highest BCUT2D eigenvalue weighted by molar-refractivity contribution is 5.76. The maximum atomic E-state index is 12.4. The van der Waals surface area contributed by atoms with Crippen LogP contribution in [0.4, 0.5) is 0 Å². The van der Waals surface area contributed by atoms with Gasteiger partial charge in [-0.25, -0.2) is 0 Å². The molecule has 0 aromatic heterocycles. The molecule has 0 aromatic rings. The fourth-order valence-corrected chi connectivity index (χ4v) is 7.31. The number of allylic oxidation sites excluding steroid dienone is 6. The Balaban J connectivity index is 3.51. The molecule has 0 bridgehead atoms. The van der Waals surface area contributed by atoms with Crippen molar-refractivity contribution >= 4 is 11.9 Å². The topological polar surface area (TPSA) is 95.9 Å². The fourth-order valence-electron chi connectivity index (χ4n) is 7.31. The number of carbonyl (C=O) groups is 2. The van der Waals surface area contributed by atoms with E-state index in [1.165, 1.54) is 135 Å². The van der Waals surface area contributed by atoms with Gasteiger partial charge in [-0.05, 0) is 83.5 Å². The molecular weight excluding hydrogens is 707 g/mol. The van der Waals surface area contributed by atoms with Crippen molar-refractivity contribution in [1.29, 1.82) is 0 Å².